The van der Waals surface area contributed by atoms with Crippen LogP contribution in [0.25, 0.3) is 0 Å². The van der Waals surface area contributed by atoms with E-state index >= 15 is 0 Å². The van der Waals surface area contributed by atoms with Crippen LogP contribution >= 0.6 is 15.9 Å². The number of fused-ring (bicyclic) bond motifs is 2. The molecule has 1 aliphatic heterocycles. The number of benzene rings is 4. The van der Waals surface area contributed by atoms with E-state index in [0.717, 1.165) is 6.42 Å². The van der Waals surface area contributed by atoms with Gasteiger partial charge in [0.1, 0.15) is 0 Å². The number of hydrogen-bond donors (Lipinski definition) is 0. The summed E-state index contributed by atoms with van der Waals surface area (Å²) in [4.78, 5) is 0. The Kier molecular flexibility index (Phi) is 4.11. The van der Waals surface area contributed by atoms with E-state index < -0.39 is 8.07 Å². The zero-order chi connectivity index (χ0) is 18.3. The lowest BCUT2D eigenvalue weighted by molar-refractivity contribution is 1.19. The number of rotatable bonds is 2. The molecule has 0 radical (unpaired) electrons. The van der Waals surface area contributed by atoms with E-state index in [4.69, 9.17) is 0 Å². The Balaban J connectivity index is 1.99. The molecule has 0 spiro atoms. The predicted molar refractivity (Wildman–Crippen MR) is 121 cm³/mol. The SMILES string of the molecule is Brc1cccc2c1Cc1ccccc1[Si]2(c1ccccc1)c1ccccc1. The normalized spacial score (nSPS) is 14.3. The van der Waals surface area contributed by atoms with Crippen LogP contribution in [0.3, 0.4) is 0 Å². The molecule has 0 unspecified atom stereocenters. The summed E-state index contributed by atoms with van der Waals surface area (Å²) in [6.07, 6.45) is 0.987. The fourth-order valence-corrected chi connectivity index (χ4v) is 10.6. The van der Waals surface area contributed by atoms with Gasteiger partial charge in [0.15, 0.2) is 8.07 Å². The van der Waals surface area contributed by atoms with Gasteiger partial charge in [-0.15, -0.1) is 0 Å². The minimum Gasteiger partial charge on any atom is -0.0623 e. The van der Waals surface area contributed by atoms with Gasteiger partial charge >= 0.3 is 0 Å². The van der Waals surface area contributed by atoms with Crippen molar-refractivity contribution >= 4 is 44.8 Å². The second-order valence-corrected chi connectivity index (χ2v) is 11.7. The van der Waals surface area contributed by atoms with Gasteiger partial charge in [-0.25, -0.2) is 0 Å². The molecule has 0 saturated carbocycles. The van der Waals surface area contributed by atoms with Crippen LogP contribution in [0.2, 0.25) is 0 Å². The van der Waals surface area contributed by atoms with E-state index in [2.05, 4.69) is 119 Å². The number of halogens is 1. The van der Waals surface area contributed by atoms with Gasteiger partial charge in [-0.2, -0.15) is 0 Å². The van der Waals surface area contributed by atoms with E-state index in [9.17, 15) is 0 Å². The summed E-state index contributed by atoms with van der Waals surface area (Å²) < 4.78 is 1.22. The van der Waals surface area contributed by atoms with Crippen LogP contribution in [0.4, 0.5) is 0 Å². The molecule has 0 N–H and O–H groups in total. The van der Waals surface area contributed by atoms with E-state index in [1.807, 2.05) is 0 Å². The summed E-state index contributed by atoms with van der Waals surface area (Å²) in [6, 6.07) is 38.1. The molecule has 2 heteroatoms. The van der Waals surface area contributed by atoms with Crippen LogP contribution in [-0.2, 0) is 6.42 Å². The van der Waals surface area contributed by atoms with Gasteiger partial charge in [-0.1, -0.05) is 113 Å². The molecule has 4 aromatic carbocycles. The smallest absolute Gasteiger partial charge is 0.0623 e. The highest BCUT2D eigenvalue weighted by molar-refractivity contribution is 9.10. The zero-order valence-electron chi connectivity index (χ0n) is 14.9. The Bertz CT molecular complexity index is 1060. The Morgan fingerprint density at radius 1 is 0.556 bits per heavy atom. The third-order valence-corrected chi connectivity index (χ3v) is 11.4. The van der Waals surface area contributed by atoms with Crippen molar-refractivity contribution in [2.24, 2.45) is 0 Å². The molecule has 0 bridgehead atoms. The van der Waals surface area contributed by atoms with Crippen molar-refractivity contribution < 1.29 is 0 Å². The van der Waals surface area contributed by atoms with Gasteiger partial charge in [-0.05, 0) is 44.4 Å². The fourth-order valence-electron chi connectivity index (χ4n) is 4.63. The second-order valence-electron chi connectivity index (χ2n) is 7.08. The molecule has 0 aliphatic carbocycles. The lowest BCUT2D eigenvalue weighted by Gasteiger charge is -2.40. The highest BCUT2D eigenvalue weighted by Gasteiger charge is 2.46. The molecule has 1 aliphatic rings. The lowest BCUT2D eigenvalue weighted by atomic mass is 10.0. The largest absolute Gasteiger partial charge is 0.180 e. The minimum absolute atomic E-state index is 0.987. The summed E-state index contributed by atoms with van der Waals surface area (Å²) in [5.74, 6) is 0. The molecule has 0 nitrogen and oxygen atoms in total. The van der Waals surface area contributed by atoms with Crippen molar-refractivity contribution in [3.63, 3.8) is 0 Å². The van der Waals surface area contributed by atoms with Crippen LogP contribution in [0.1, 0.15) is 11.1 Å². The van der Waals surface area contributed by atoms with Crippen molar-refractivity contribution in [2.75, 3.05) is 0 Å². The highest BCUT2D eigenvalue weighted by Crippen LogP contribution is 2.26. The Labute approximate surface area is 169 Å². The zero-order valence-corrected chi connectivity index (χ0v) is 17.5. The van der Waals surface area contributed by atoms with Crippen LogP contribution < -0.4 is 20.7 Å². The molecule has 0 saturated heterocycles. The summed E-state index contributed by atoms with van der Waals surface area (Å²) in [5.41, 5.74) is 2.90. The van der Waals surface area contributed by atoms with Crippen LogP contribution in [-0.4, -0.2) is 8.07 Å². The van der Waals surface area contributed by atoms with Crippen molar-refractivity contribution in [3.8, 4) is 0 Å². The van der Waals surface area contributed by atoms with Gasteiger partial charge in [0.2, 0.25) is 0 Å². The highest BCUT2D eigenvalue weighted by atomic mass is 79.9. The van der Waals surface area contributed by atoms with Gasteiger partial charge in [0.25, 0.3) is 0 Å². The Morgan fingerprint density at radius 3 is 1.78 bits per heavy atom. The topological polar surface area (TPSA) is 0 Å². The lowest BCUT2D eigenvalue weighted by Crippen LogP contribution is -2.77. The first-order chi connectivity index (χ1) is 13.3. The van der Waals surface area contributed by atoms with Gasteiger partial charge < -0.3 is 0 Å². The second kappa shape index (κ2) is 6.63. The third kappa shape index (κ3) is 2.48. The Hall–Kier alpha value is -2.42. The van der Waals surface area contributed by atoms with Crippen molar-refractivity contribution in [2.45, 2.75) is 6.42 Å². The molecular weight excluding hydrogens is 408 g/mol. The molecule has 130 valence electrons. The van der Waals surface area contributed by atoms with E-state index in [1.54, 1.807) is 0 Å². The molecule has 0 aromatic heterocycles. The summed E-state index contributed by atoms with van der Waals surface area (Å²) >= 11 is 3.85. The maximum atomic E-state index is 3.85. The van der Waals surface area contributed by atoms with Crippen molar-refractivity contribution in [1.82, 2.24) is 0 Å². The monoisotopic (exact) mass is 426 g/mol. The molecule has 27 heavy (non-hydrogen) atoms. The van der Waals surface area contributed by atoms with Gasteiger partial charge in [0.05, 0.1) is 0 Å². The van der Waals surface area contributed by atoms with Crippen LogP contribution in [0.5, 0.6) is 0 Å². The van der Waals surface area contributed by atoms with E-state index in [0.29, 0.717) is 0 Å². The van der Waals surface area contributed by atoms with Crippen LogP contribution in [0, 0.1) is 0 Å². The molecule has 5 rings (SSSR count). The summed E-state index contributed by atoms with van der Waals surface area (Å²) in [6.45, 7) is 0. The predicted octanol–water partition coefficient (Wildman–Crippen LogP) is 3.73. The van der Waals surface area contributed by atoms with E-state index in [1.165, 1.54) is 36.3 Å². The standard InChI is InChI=1S/C25H19BrSi/c26-23-15-9-17-25-22(23)18-19-10-7-8-16-24(19)27(25,20-11-3-1-4-12-20)21-13-5-2-6-14-21/h1-17H,18H2. The molecule has 1 heterocycles. The average Bonchev–Trinajstić information content (AvgIpc) is 2.74. The minimum atomic E-state index is -2.34. The summed E-state index contributed by atoms with van der Waals surface area (Å²) in [5, 5.41) is 5.92. The Morgan fingerprint density at radius 2 is 1.11 bits per heavy atom. The quantitative estimate of drug-likeness (QED) is 0.377. The summed E-state index contributed by atoms with van der Waals surface area (Å²) in [7, 11) is -2.34. The molecule has 0 fully saturated rings. The molecular formula is C25H19BrSi. The number of hydrogen-bond acceptors (Lipinski definition) is 0. The molecule has 4 aromatic rings. The average molecular weight is 427 g/mol. The fraction of sp³-hybridized carbons (Fsp3) is 0.0400. The van der Waals surface area contributed by atoms with Crippen molar-refractivity contribution in [1.29, 1.82) is 0 Å². The maximum absolute atomic E-state index is 3.85. The molecule has 0 amide bonds. The first kappa shape index (κ1) is 16.7. The van der Waals surface area contributed by atoms with E-state index in [-0.39, 0.29) is 0 Å². The first-order valence-electron chi connectivity index (χ1n) is 9.29. The molecule has 0 atom stereocenters. The van der Waals surface area contributed by atoms with Crippen LogP contribution in [0.15, 0.2) is 108 Å². The van der Waals surface area contributed by atoms with Crippen molar-refractivity contribution in [3.05, 3.63) is 119 Å². The van der Waals surface area contributed by atoms with Gasteiger partial charge in [0, 0.05) is 4.47 Å². The third-order valence-electron chi connectivity index (χ3n) is 5.73. The maximum Gasteiger partial charge on any atom is 0.180 e. The first-order valence-corrected chi connectivity index (χ1v) is 12.1. The van der Waals surface area contributed by atoms with Gasteiger partial charge in [-0.3, -0.25) is 0 Å².